The molecule has 0 bridgehead atoms. The molecule has 1 aromatic carbocycles. The molecule has 0 aliphatic rings. The van der Waals surface area contributed by atoms with Crippen molar-refractivity contribution in [1.29, 1.82) is 0 Å². The second-order valence-corrected chi connectivity index (χ2v) is 5.05. The number of nitrogens with one attached hydrogen (secondary N) is 1. The summed E-state index contributed by atoms with van der Waals surface area (Å²) in [7, 11) is 0. The highest BCUT2D eigenvalue weighted by molar-refractivity contribution is 5.93. The number of para-hydroxylation sites is 2. The standard InChI is InChI=1S/C14H18N2O5/c1-9(2)10(14(18)19)7-8-13(17)15-11-5-3-4-6-12(11)16(20)21/h3-6,9-10H,7-8H2,1-2H3,(H,15,17)(H,18,19)/t10-/m1/s1. The fourth-order valence-electron chi connectivity index (χ4n) is 1.98. The lowest BCUT2D eigenvalue weighted by atomic mass is 9.91. The highest BCUT2D eigenvalue weighted by atomic mass is 16.6. The lowest BCUT2D eigenvalue weighted by molar-refractivity contribution is -0.383. The van der Waals surface area contributed by atoms with E-state index in [0.717, 1.165) is 0 Å². The Morgan fingerprint density at radius 1 is 1.33 bits per heavy atom. The van der Waals surface area contributed by atoms with Crippen LogP contribution in [-0.2, 0) is 9.59 Å². The Morgan fingerprint density at radius 3 is 2.48 bits per heavy atom. The van der Waals surface area contributed by atoms with E-state index in [-0.39, 0.29) is 30.1 Å². The van der Waals surface area contributed by atoms with Gasteiger partial charge in [0.15, 0.2) is 0 Å². The number of hydrogen-bond acceptors (Lipinski definition) is 4. The topological polar surface area (TPSA) is 110 Å². The van der Waals surface area contributed by atoms with E-state index in [0.29, 0.717) is 0 Å². The summed E-state index contributed by atoms with van der Waals surface area (Å²) in [4.78, 5) is 33.1. The highest BCUT2D eigenvalue weighted by Gasteiger charge is 2.23. The van der Waals surface area contributed by atoms with Gasteiger partial charge < -0.3 is 10.4 Å². The van der Waals surface area contributed by atoms with Gasteiger partial charge in [-0.2, -0.15) is 0 Å². The number of hydrogen-bond donors (Lipinski definition) is 2. The molecule has 7 nitrogen and oxygen atoms in total. The molecule has 7 heteroatoms. The van der Waals surface area contributed by atoms with Crippen molar-refractivity contribution in [1.82, 2.24) is 0 Å². The Kier molecular flexibility index (Phi) is 5.83. The second kappa shape index (κ2) is 7.37. The molecule has 0 spiro atoms. The van der Waals surface area contributed by atoms with Crippen molar-refractivity contribution in [3.63, 3.8) is 0 Å². The molecule has 1 aromatic rings. The van der Waals surface area contributed by atoms with Crippen molar-refractivity contribution in [2.45, 2.75) is 26.7 Å². The van der Waals surface area contributed by atoms with Crippen molar-refractivity contribution in [2.75, 3.05) is 5.32 Å². The minimum absolute atomic E-state index is 0.00119. The molecule has 0 radical (unpaired) electrons. The van der Waals surface area contributed by atoms with Crippen LogP contribution in [-0.4, -0.2) is 21.9 Å². The van der Waals surface area contributed by atoms with E-state index in [4.69, 9.17) is 5.11 Å². The van der Waals surface area contributed by atoms with E-state index in [2.05, 4.69) is 5.32 Å². The summed E-state index contributed by atoms with van der Waals surface area (Å²) < 4.78 is 0. The van der Waals surface area contributed by atoms with Gasteiger partial charge in [0.05, 0.1) is 10.8 Å². The maximum atomic E-state index is 11.8. The predicted molar refractivity (Wildman–Crippen MR) is 76.9 cm³/mol. The number of rotatable bonds is 7. The van der Waals surface area contributed by atoms with Crippen LogP contribution in [0.3, 0.4) is 0 Å². The largest absolute Gasteiger partial charge is 0.481 e. The van der Waals surface area contributed by atoms with E-state index in [1.165, 1.54) is 18.2 Å². The number of nitro benzene ring substituents is 1. The minimum Gasteiger partial charge on any atom is -0.481 e. The summed E-state index contributed by atoms with van der Waals surface area (Å²) >= 11 is 0. The zero-order valence-corrected chi connectivity index (χ0v) is 11.9. The lowest BCUT2D eigenvalue weighted by Gasteiger charge is -2.15. The van der Waals surface area contributed by atoms with Crippen LogP contribution < -0.4 is 5.32 Å². The fraction of sp³-hybridized carbons (Fsp3) is 0.429. The number of amides is 1. The molecule has 0 saturated heterocycles. The number of aliphatic carboxylic acids is 1. The van der Waals surface area contributed by atoms with Gasteiger partial charge in [0.25, 0.3) is 5.69 Å². The van der Waals surface area contributed by atoms with Crippen molar-refractivity contribution in [3.05, 3.63) is 34.4 Å². The number of carboxylic acids is 1. The van der Waals surface area contributed by atoms with Crippen molar-refractivity contribution in [3.8, 4) is 0 Å². The van der Waals surface area contributed by atoms with Crippen LogP contribution in [0.25, 0.3) is 0 Å². The third-order valence-electron chi connectivity index (χ3n) is 3.18. The zero-order chi connectivity index (χ0) is 16.0. The molecule has 114 valence electrons. The van der Waals surface area contributed by atoms with Crippen LogP contribution in [0.2, 0.25) is 0 Å². The molecule has 1 amide bonds. The molecule has 0 fully saturated rings. The van der Waals surface area contributed by atoms with Gasteiger partial charge in [-0.3, -0.25) is 19.7 Å². The SMILES string of the molecule is CC(C)[C@@H](CCC(=O)Nc1ccccc1[N+](=O)[O-])C(=O)O. The lowest BCUT2D eigenvalue weighted by Crippen LogP contribution is -2.22. The number of benzene rings is 1. The van der Waals surface area contributed by atoms with Gasteiger partial charge in [-0.1, -0.05) is 26.0 Å². The molecule has 0 unspecified atom stereocenters. The van der Waals surface area contributed by atoms with Crippen molar-refractivity contribution >= 4 is 23.3 Å². The Bertz CT molecular complexity index is 542. The van der Waals surface area contributed by atoms with Crippen LogP contribution in [0.5, 0.6) is 0 Å². The first-order valence-corrected chi connectivity index (χ1v) is 6.59. The van der Waals surface area contributed by atoms with Gasteiger partial charge in [-0.25, -0.2) is 0 Å². The third kappa shape index (κ3) is 4.87. The number of carbonyl (C=O) groups is 2. The van der Waals surface area contributed by atoms with E-state index < -0.39 is 22.7 Å². The van der Waals surface area contributed by atoms with Gasteiger partial charge >= 0.3 is 5.97 Å². The maximum absolute atomic E-state index is 11.8. The van der Waals surface area contributed by atoms with E-state index in [1.54, 1.807) is 19.9 Å². The molecule has 0 aromatic heterocycles. The molecule has 1 rings (SSSR count). The van der Waals surface area contributed by atoms with Crippen LogP contribution >= 0.6 is 0 Å². The summed E-state index contributed by atoms with van der Waals surface area (Å²) in [6, 6.07) is 5.82. The van der Waals surface area contributed by atoms with Crippen LogP contribution in [0, 0.1) is 22.0 Å². The first kappa shape index (κ1) is 16.6. The van der Waals surface area contributed by atoms with Crippen LogP contribution in [0.1, 0.15) is 26.7 Å². The Hall–Kier alpha value is -2.44. The molecule has 0 aliphatic carbocycles. The molecule has 0 heterocycles. The predicted octanol–water partition coefficient (Wildman–Crippen LogP) is 2.67. The zero-order valence-electron chi connectivity index (χ0n) is 11.9. The smallest absolute Gasteiger partial charge is 0.306 e. The summed E-state index contributed by atoms with van der Waals surface area (Å²) in [5.41, 5.74) is -0.0755. The number of nitro groups is 1. The van der Waals surface area contributed by atoms with E-state index >= 15 is 0 Å². The fourth-order valence-corrected chi connectivity index (χ4v) is 1.98. The van der Waals surface area contributed by atoms with Gasteiger partial charge in [0.2, 0.25) is 5.91 Å². The molecular formula is C14H18N2O5. The maximum Gasteiger partial charge on any atom is 0.306 e. The summed E-state index contributed by atoms with van der Waals surface area (Å²) in [6.45, 7) is 3.55. The molecule has 0 saturated carbocycles. The van der Waals surface area contributed by atoms with Crippen LogP contribution in [0.4, 0.5) is 11.4 Å². The van der Waals surface area contributed by atoms with Crippen LogP contribution in [0.15, 0.2) is 24.3 Å². The second-order valence-electron chi connectivity index (χ2n) is 5.05. The number of nitrogens with zero attached hydrogens (tertiary/aromatic N) is 1. The van der Waals surface area contributed by atoms with Gasteiger partial charge in [-0.15, -0.1) is 0 Å². The Morgan fingerprint density at radius 2 is 1.95 bits per heavy atom. The summed E-state index contributed by atoms with van der Waals surface area (Å²) in [5, 5.41) is 22.3. The monoisotopic (exact) mass is 294 g/mol. The quantitative estimate of drug-likeness (QED) is 0.593. The number of anilines is 1. The first-order chi connectivity index (χ1) is 9.82. The van der Waals surface area contributed by atoms with E-state index in [1.807, 2.05) is 0 Å². The Labute approximate surface area is 122 Å². The summed E-state index contributed by atoms with van der Waals surface area (Å²) in [5.74, 6) is -2.07. The van der Waals surface area contributed by atoms with Gasteiger partial charge in [0, 0.05) is 12.5 Å². The molecule has 0 aliphatic heterocycles. The molecule has 21 heavy (non-hydrogen) atoms. The highest BCUT2D eigenvalue weighted by Crippen LogP contribution is 2.24. The van der Waals surface area contributed by atoms with Crippen molar-refractivity contribution < 1.29 is 19.6 Å². The van der Waals surface area contributed by atoms with Gasteiger partial charge in [-0.05, 0) is 18.4 Å². The molecular weight excluding hydrogens is 276 g/mol. The van der Waals surface area contributed by atoms with Crippen molar-refractivity contribution in [2.24, 2.45) is 11.8 Å². The first-order valence-electron chi connectivity index (χ1n) is 6.59. The minimum atomic E-state index is -0.941. The average molecular weight is 294 g/mol. The summed E-state index contributed by atoms with van der Waals surface area (Å²) in [6.07, 6.45) is 0.195. The third-order valence-corrected chi connectivity index (χ3v) is 3.18. The normalized spacial score (nSPS) is 12.0. The number of carbonyl (C=O) groups excluding carboxylic acids is 1. The average Bonchev–Trinajstić information content (AvgIpc) is 2.38. The van der Waals surface area contributed by atoms with E-state index in [9.17, 15) is 19.7 Å². The molecule has 2 N–H and O–H groups in total. The number of carboxylic acid groups (broad SMARTS) is 1. The Balaban J connectivity index is 2.66. The van der Waals surface area contributed by atoms with Gasteiger partial charge in [0.1, 0.15) is 5.69 Å². The molecule has 1 atom stereocenters.